The highest BCUT2D eigenvalue weighted by Crippen LogP contribution is 2.38. The minimum atomic E-state index is -4.69. The Morgan fingerprint density at radius 2 is 2.00 bits per heavy atom. The van der Waals surface area contributed by atoms with Crippen LogP contribution in [0.2, 0.25) is 0 Å². The molecular formula is C19H22F3N4O3-. The van der Waals surface area contributed by atoms with E-state index in [2.05, 4.69) is 9.97 Å². The first kappa shape index (κ1) is 22.4. The van der Waals surface area contributed by atoms with E-state index in [0.29, 0.717) is 6.42 Å². The zero-order valence-corrected chi connectivity index (χ0v) is 16.2. The Morgan fingerprint density at radius 3 is 2.59 bits per heavy atom. The van der Waals surface area contributed by atoms with Crippen molar-refractivity contribution in [3.63, 3.8) is 0 Å². The van der Waals surface area contributed by atoms with E-state index >= 15 is 0 Å². The SMILES string of the molecule is CC(C)CC(C)(N)COc1cnc(-c2ccnc(NC(=O)[O-])c2)cc1C(F)(F)F. The Labute approximate surface area is 166 Å². The number of nitrogens with two attached hydrogens (primary N) is 1. The van der Waals surface area contributed by atoms with E-state index in [1.54, 1.807) is 6.92 Å². The summed E-state index contributed by atoms with van der Waals surface area (Å²) >= 11 is 0. The van der Waals surface area contributed by atoms with Gasteiger partial charge in [-0.15, -0.1) is 0 Å². The van der Waals surface area contributed by atoms with Crippen LogP contribution in [-0.4, -0.2) is 28.2 Å². The molecule has 1 unspecified atom stereocenters. The largest absolute Gasteiger partial charge is 0.530 e. The number of anilines is 1. The predicted octanol–water partition coefficient (Wildman–Crippen LogP) is 3.06. The van der Waals surface area contributed by atoms with E-state index in [4.69, 9.17) is 10.5 Å². The minimum absolute atomic E-state index is 0.0221. The lowest BCUT2D eigenvalue weighted by Gasteiger charge is -2.27. The van der Waals surface area contributed by atoms with E-state index in [-0.39, 0.29) is 29.6 Å². The van der Waals surface area contributed by atoms with Crippen LogP contribution in [0.15, 0.2) is 30.6 Å². The summed E-state index contributed by atoms with van der Waals surface area (Å²) in [5.41, 5.74) is 4.52. The topological polar surface area (TPSA) is 113 Å². The average Bonchev–Trinajstić information content (AvgIpc) is 2.57. The smallest absolute Gasteiger partial charge is 0.420 e. The second-order valence-electron chi connectivity index (χ2n) is 7.45. The van der Waals surface area contributed by atoms with Gasteiger partial charge in [-0.25, -0.2) is 4.98 Å². The van der Waals surface area contributed by atoms with Crippen LogP contribution in [0.1, 0.15) is 32.8 Å². The Morgan fingerprint density at radius 1 is 1.31 bits per heavy atom. The fraction of sp³-hybridized carbons (Fsp3) is 0.421. The molecule has 29 heavy (non-hydrogen) atoms. The molecule has 0 aromatic carbocycles. The van der Waals surface area contributed by atoms with Crippen molar-refractivity contribution in [2.45, 2.75) is 38.9 Å². The molecule has 0 aliphatic carbocycles. The van der Waals surface area contributed by atoms with Crippen molar-refractivity contribution in [3.8, 4) is 17.0 Å². The molecule has 1 amide bonds. The molecule has 2 aromatic rings. The molecule has 0 radical (unpaired) electrons. The number of nitrogens with one attached hydrogen (secondary N) is 1. The lowest BCUT2D eigenvalue weighted by molar-refractivity contribution is -0.242. The van der Waals surface area contributed by atoms with Gasteiger partial charge in [-0.1, -0.05) is 13.8 Å². The van der Waals surface area contributed by atoms with Crippen molar-refractivity contribution in [1.82, 2.24) is 9.97 Å². The summed E-state index contributed by atoms with van der Waals surface area (Å²) < 4.78 is 46.1. The van der Waals surface area contributed by atoms with Gasteiger partial charge in [0.25, 0.3) is 0 Å². The molecule has 0 aliphatic rings. The van der Waals surface area contributed by atoms with Crippen molar-refractivity contribution >= 4 is 11.9 Å². The number of amides is 1. The highest BCUT2D eigenvalue weighted by Gasteiger charge is 2.36. The lowest BCUT2D eigenvalue weighted by Crippen LogP contribution is -2.43. The number of hydrogen-bond donors (Lipinski definition) is 2. The zero-order chi connectivity index (χ0) is 21.8. The summed E-state index contributed by atoms with van der Waals surface area (Å²) in [5, 5.41) is 12.5. The highest BCUT2D eigenvalue weighted by molar-refractivity contribution is 5.81. The van der Waals surface area contributed by atoms with Gasteiger partial charge in [-0.2, -0.15) is 13.2 Å². The molecule has 0 saturated carbocycles. The summed E-state index contributed by atoms with van der Waals surface area (Å²) in [7, 11) is 0. The molecule has 7 nitrogen and oxygen atoms in total. The summed E-state index contributed by atoms with van der Waals surface area (Å²) in [5.74, 6) is -0.263. The van der Waals surface area contributed by atoms with Crippen LogP contribution in [0.25, 0.3) is 11.3 Å². The first-order valence-corrected chi connectivity index (χ1v) is 8.81. The number of carboxylic acid groups (broad SMARTS) is 1. The van der Waals surface area contributed by atoms with Gasteiger partial charge in [0.05, 0.1) is 11.9 Å². The minimum Gasteiger partial charge on any atom is -0.530 e. The molecule has 0 fully saturated rings. The summed E-state index contributed by atoms with van der Waals surface area (Å²) in [4.78, 5) is 18.4. The van der Waals surface area contributed by atoms with E-state index in [1.807, 2.05) is 19.2 Å². The van der Waals surface area contributed by atoms with Crippen LogP contribution in [0.5, 0.6) is 5.75 Å². The molecule has 0 bridgehead atoms. The number of hydrogen-bond acceptors (Lipinski definition) is 6. The third-order valence-corrected chi connectivity index (χ3v) is 3.89. The monoisotopic (exact) mass is 411 g/mol. The van der Waals surface area contributed by atoms with Gasteiger partial charge in [0, 0.05) is 17.3 Å². The van der Waals surface area contributed by atoms with Crippen LogP contribution in [0.3, 0.4) is 0 Å². The summed E-state index contributed by atoms with van der Waals surface area (Å²) in [6.07, 6.45) is -3.48. The van der Waals surface area contributed by atoms with Crippen molar-refractivity contribution in [1.29, 1.82) is 0 Å². The molecule has 2 rings (SSSR count). The molecule has 2 aromatic heterocycles. The Bertz CT molecular complexity index is 870. The number of nitrogens with zero attached hydrogens (tertiary/aromatic N) is 2. The summed E-state index contributed by atoms with van der Waals surface area (Å²) in [6.45, 7) is 5.52. The van der Waals surface area contributed by atoms with E-state index in [1.165, 1.54) is 18.3 Å². The molecule has 3 N–H and O–H groups in total. The normalized spacial score (nSPS) is 13.8. The van der Waals surface area contributed by atoms with Crippen LogP contribution in [0, 0.1) is 5.92 Å². The molecular weight excluding hydrogens is 389 g/mol. The molecule has 2 heterocycles. The molecule has 0 aliphatic heterocycles. The number of ether oxygens (including phenoxy) is 1. The van der Waals surface area contributed by atoms with Crippen molar-refractivity contribution in [2.75, 3.05) is 11.9 Å². The number of carbonyl (C=O) groups excluding carboxylic acids is 1. The van der Waals surface area contributed by atoms with Crippen LogP contribution in [-0.2, 0) is 6.18 Å². The Balaban J connectivity index is 2.34. The van der Waals surface area contributed by atoms with Crippen LogP contribution >= 0.6 is 0 Å². The number of halogens is 3. The van der Waals surface area contributed by atoms with Crippen molar-refractivity contribution in [2.24, 2.45) is 11.7 Å². The Hall–Kier alpha value is -2.88. The van der Waals surface area contributed by atoms with Crippen LogP contribution < -0.4 is 20.9 Å². The van der Waals surface area contributed by atoms with E-state index < -0.39 is 29.1 Å². The number of rotatable bonds is 7. The van der Waals surface area contributed by atoms with Crippen LogP contribution in [0.4, 0.5) is 23.8 Å². The van der Waals surface area contributed by atoms with Crippen molar-refractivity contribution in [3.05, 3.63) is 36.2 Å². The first-order chi connectivity index (χ1) is 13.4. The van der Waals surface area contributed by atoms with Gasteiger partial charge < -0.3 is 25.7 Å². The third kappa shape index (κ3) is 6.60. The molecule has 0 saturated heterocycles. The average molecular weight is 411 g/mol. The quantitative estimate of drug-likeness (QED) is 0.724. The second-order valence-corrected chi connectivity index (χ2v) is 7.45. The van der Waals surface area contributed by atoms with E-state index in [9.17, 15) is 23.1 Å². The number of pyridine rings is 2. The molecule has 10 heteroatoms. The maximum atomic E-state index is 13.6. The van der Waals surface area contributed by atoms with Gasteiger partial charge in [-0.3, -0.25) is 4.98 Å². The Kier molecular flexibility index (Phi) is 6.68. The van der Waals surface area contributed by atoms with Gasteiger partial charge >= 0.3 is 6.18 Å². The first-order valence-electron chi connectivity index (χ1n) is 8.81. The van der Waals surface area contributed by atoms with Crippen molar-refractivity contribution < 1.29 is 27.8 Å². The lowest BCUT2D eigenvalue weighted by atomic mass is 9.93. The fourth-order valence-electron chi connectivity index (χ4n) is 2.93. The third-order valence-electron chi connectivity index (χ3n) is 3.89. The standard InChI is InChI=1S/C19H23F3N4O3/c1-11(2)8-18(3,23)10-29-15-9-25-14(7-13(15)19(20,21)22)12-4-5-24-16(6-12)26-17(27)28/h4-7,9,11H,8,10,23H2,1-3H3,(H,24,26)(H,27,28)/p-1. The maximum Gasteiger partial charge on any atom is 0.420 e. The summed E-state index contributed by atoms with van der Waals surface area (Å²) in [6, 6.07) is 3.49. The highest BCUT2D eigenvalue weighted by atomic mass is 19.4. The van der Waals surface area contributed by atoms with E-state index in [0.717, 1.165) is 12.3 Å². The zero-order valence-electron chi connectivity index (χ0n) is 16.2. The number of aromatic nitrogens is 2. The molecule has 158 valence electrons. The van der Waals surface area contributed by atoms with Gasteiger partial charge in [0.2, 0.25) is 0 Å². The molecule has 0 spiro atoms. The number of alkyl halides is 3. The fourth-order valence-corrected chi connectivity index (χ4v) is 2.93. The van der Waals surface area contributed by atoms with Gasteiger partial charge in [0.1, 0.15) is 29.8 Å². The maximum absolute atomic E-state index is 13.6. The predicted molar refractivity (Wildman–Crippen MR) is 99.0 cm³/mol. The molecule has 1 atom stereocenters. The van der Waals surface area contributed by atoms with Gasteiger partial charge in [-0.05, 0) is 37.5 Å². The van der Waals surface area contributed by atoms with Gasteiger partial charge in [0.15, 0.2) is 0 Å². The number of carbonyl (C=O) groups is 1. The second kappa shape index (κ2) is 8.64.